The van der Waals surface area contributed by atoms with E-state index in [1.54, 1.807) is 18.1 Å². The average Bonchev–Trinajstić information content (AvgIpc) is 2.63. The van der Waals surface area contributed by atoms with E-state index < -0.39 is 0 Å². The van der Waals surface area contributed by atoms with E-state index >= 15 is 0 Å². The maximum Gasteiger partial charge on any atom is 0.322 e. The Kier molecular flexibility index (Phi) is 5.56. The minimum absolute atomic E-state index is 0.0198. The Labute approximate surface area is 146 Å². The number of morpholine rings is 1. The fourth-order valence-electron chi connectivity index (χ4n) is 2.89. The van der Waals surface area contributed by atoms with Crippen molar-refractivity contribution in [1.29, 1.82) is 0 Å². The Morgan fingerprint density at radius 3 is 2.92 bits per heavy atom. The monoisotopic (exact) mass is 348 g/mol. The molecule has 1 unspecified atom stereocenters. The SMILES string of the molecule is COCCC1CN(C(=O)Nc2ccc(Cl)c3ccccc23)CCO1. The highest BCUT2D eigenvalue weighted by Gasteiger charge is 2.24. The zero-order chi connectivity index (χ0) is 16.9. The van der Waals surface area contributed by atoms with Gasteiger partial charge in [-0.25, -0.2) is 4.79 Å². The van der Waals surface area contributed by atoms with Gasteiger partial charge in [0.05, 0.1) is 18.4 Å². The van der Waals surface area contributed by atoms with E-state index in [1.165, 1.54) is 0 Å². The van der Waals surface area contributed by atoms with Gasteiger partial charge in [-0.3, -0.25) is 0 Å². The van der Waals surface area contributed by atoms with Crippen LogP contribution in [0.25, 0.3) is 10.8 Å². The lowest BCUT2D eigenvalue weighted by molar-refractivity contribution is -0.0260. The lowest BCUT2D eigenvalue weighted by Gasteiger charge is -2.33. The first-order valence-corrected chi connectivity index (χ1v) is 8.40. The molecule has 0 aliphatic carbocycles. The van der Waals surface area contributed by atoms with Crippen LogP contribution in [0.4, 0.5) is 10.5 Å². The van der Waals surface area contributed by atoms with E-state index in [2.05, 4.69) is 5.32 Å². The minimum atomic E-state index is -0.117. The fourth-order valence-corrected chi connectivity index (χ4v) is 3.12. The number of nitrogens with zero attached hydrogens (tertiary/aromatic N) is 1. The summed E-state index contributed by atoms with van der Waals surface area (Å²) in [5.74, 6) is 0. The second-order valence-corrected chi connectivity index (χ2v) is 6.20. The van der Waals surface area contributed by atoms with Gasteiger partial charge in [-0.15, -0.1) is 0 Å². The first kappa shape index (κ1) is 17.0. The number of carbonyl (C=O) groups is 1. The van der Waals surface area contributed by atoms with Gasteiger partial charge in [0.25, 0.3) is 0 Å². The number of anilines is 1. The largest absolute Gasteiger partial charge is 0.385 e. The van der Waals surface area contributed by atoms with Crippen LogP contribution in [0.5, 0.6) is 0 Å². The van der Waals surface area contributed by atoms with E-state index in [-0.39, 0.29) is 12.1 Å². The second kappa shape index (κ2) is 7.83. The Hall–Kier alpha value is -1.82. The zero-order valence-electron chi connectivity index (χ0n) is 13.6. The molecular formula is C18H21ClN2O3. The predicted molar refractivity (Wildman–Crippen MR) is 95.8 cm³/mol. The van der Waals surface area contributed by atoms with Gasteiger partial charge in [0, 0.05) is 42.6 Å². The Balaban J connectivity index is 1.72. The number of urea groups is 1. The number of nitrogens with one attached hydrogen (secondary N) is 1. The Morgan fingerprint density at radius 2 is 2.12 bits per heavy atom. The summed E-state index contributed by atoms with van der Waals surface area (Å²) >= 11 is 6.23. The summed E-state index contributed by atoms with van der Waals surface area (Å²) in [6, 6.07) is 11.3. The number of amides is 2. The number of benzene rings is 2. The van der Waals surface area contributed by atoms with Crippen LogP contribution in [-0.4, -0.2) is 50.4 Å². The highest BCUT2D eigenvalue weighted by molar-refractivity contribution is 6.36. The fraction of sp³-hybridized carbons (Fsp3) is 0.389. The summed E-state index contributed by atoms with van der Waals surface area (Å²) in [5.41, 5.74) is 0.764. The third-order valence-corrected chi connectivity index (χ3v) is 4.51. The van der Waals surface area contributed by atoms with Crippen molar-refractivity contribution >= 4 is 34.1 Å². The van der Waals surface area contributed by atoms with Gasteiger partial charge >= 0.3 is 6.03 Å². The molecule has 0 spiro atoms. The Bertz CT molecular complexity index is 722. The van der Waals surface area contributed by atoms with Crippen molar-refractivity contribution in [2.75, 3.05) is 38.7 Å². The highest BCUT2D eigenvalue weighted by Crippen LogP contribution is 2.29. The number of rotatable bonds is 4. The van der Waals surface area contributed by atoms with Crippen molar-refractivity contribution in [2.45, 2.75) is 12.5 Å². The van der Waals surface area contributed by atoms with Crippen LogP contribution in [0.15, 0.2) is 36.4 Å². The molecule has 1 atom stereocenters. The first-order valence-electron chi connectivity index (χ1n) is 8.02. The molecule has 1 fully saturated rings. The molecule has 1 aliphatic rings. The van der Waals surface area contributed by atoms with Crippen molar-refractivity contribution in [3.05, 3.63) is 41.4 Å². The zero-order valence-corrected chi connectivity index (χ0v) is 14.4. The van der Waals surface area contributed by atoms with Crippen LogP contribution in [0.1, 0.15) is 6.42 Å². The molecular weight excluding hydrogens is 328 g/mol. The lowest BCUT2D eigenvalue weighted by atomic mass is 10.1. The molecule has 1 heterocycles. The number of hydrogen-bond acceptors (Lipinski definition) is 3. The van der Waals surface area contributed by atoms with Gasteiger partial charge in [0.15, 0.2) is 0 Å². The van der Waals surface area contributed by atoms with Crippen molar-refractivity contribution in [2.24, 2.45) is 0 Å². The van der Waals surface area contributed by atoms with E-state index in [1.807, 2.05) is 30.3 Å². The van der Waals surface area contributed by atoms with Gasteiger partial charge in [0.1, 0.15) is 0 Å². The molecule has 0 aromatic heterocycles. The summed E-state index contributed by atoms with van der Waals surface area (Å²) < 4.78 is 10.8. The molecule has 2 amide bonds. The maximum absolute atomic E-state index is 12.6. The summed E-state index contributed by atoms with van der Waals surface area (Å²) in [5, 5.41) is 5.54. The third kappa shape index (κ3) is 3.80. The van der Waals surface area contributed by atoms with Crippen molar-refractivity contribution in [3.8, 4) is 0 Å². The minimum Gasteiger partial charge on any atom is -0.385 e. The molecule has 1 saturated heterocycles. The van der Waals surface area contributed by atoms with E-state index in [9.17, 15) is 4.79 Å². The van der Waals surface area contributed by atoms with E-state index in [4.69, 9.17) is 21.1 Å². The first-order chi connectivity index (χ1) is 11.7. The molecule has 24 heavy (non-hydrogen) atoms. The number of halogens is 1. The molecule has 128 valence electrons. The Morgan fingerprint density at radius 1 is 1.33 bits per heavy atom. The molecule has 3 rings (SSSR count). The van der Waals surface area contributed by atoms with Crippen molar-refractivity contribution < 1.29 is 14.3 Å². The predicted octanol–water partition coefficient (Wildman–Crippen LogP) is 3.76. The molecule has 0 bridgehead atoms. The lowest BCUT2D eigenvalue weighted by Crippen LogP contribution is -2.47. The molecule has 2 aromatic rings. The summed E-state index contributed by atoms with van der Waals surface area (Å²) in [6.07, 6.45) is 0.802. The summed E-state index contributed by atoms with van der Waals surface area (Å²) in [4.78, 5) is 14.4. The van der Waals surface area contributed by atoms with Gasteiger partial charge in [0.2, 0.25) is 0 Å². The van der Waals surface area contributed by atoms with Crippen molar-refractivity contribution in [1.82, 2.24) is 4.90 Å². The van der Waals surface area contributed by atoms with E-state index in [0.717, 1.165) is 22.9 Å². The molecule has 0 saturated carbocycles. The quantitative estimate of drug-likeness (QED) is 0.915. The van der Waals surface area contributed by atoms with Crippen LogP contribution in [0.2, 0.25) is 5.02 Å². The topological polar surface area (TPSA) is 50.8 Å². The molecule has 2 aromatic carbocycles. The number of hydrogen-bond donors (Lipinski definition) is 1. The average molecular weight is 349 g/mol. The number of ether oxygens (including phenoxy) is 2. The molecule has 1 aliphatic heterocycles. The van der Waals surface area contributed by atoms with Crippen molar-refractivity contribution in [3.63, 3.8) is 0 Å². The van der Waals surface area contributed by atoms with E-state index in [0.29, 0.717) is 31.3 Å². The number of fused-ring (bicyclic) bond motifs is 1. The van der Waals surface area contributed by atoms with Gasteiger partial charge in [-0.1, -0.05) is 35.9 Å². The molecule has 6 heteroatoms. The number of methoxy groups -OCH3 is 1. The standard InChI is InChI=1S/C18H21ClN2O3/c1-23-10-8-13-12-21(9-11-24-13)18(22)20-17-7-6-16(19)14-4-2-3-5-15(14)17/h2-7,13H,8-12H2,1H3,(H,20,22). The number of carbonyl (C=O) groups excluding carboxylic acids is 1. The molecule has 1 N–H and O–H groups in total. The summed E-state index contributed by atoms with van der Waals surface area (Å²) in [6.45, 7) is 2.33. The van der Waals surface area contributed by atoms with Crippen LogP contribution in [0, 0.1) is 0 Å². The third-order valence-electron chi connectivity index (χ3n) is 4.18. The second-order valence-electron chi connectivity index (χ2n) is 5.79. The van der Waals surface area contributed by atoms with Crippen LogP contribution in [0.3, 0.4) is 0 Å². The van der Waals surface area contributed by atoms with Crippen LogP contribution < -0.4 is 5.32 Å². The van der Waals surface area contributed by atoms with Crippen LogP contribution in [-0.2, 0) is 9.47 Å². The van der Waals surface area contributed by atoms with Crippen LogP contribution >= 0.6 is 11.6 Å². The molecule has 5 nitrogen and oxygen atoms in total. The smallest absolute Gasteiger partial charge is 0.322 e. The summed E-state index contributed by atoms with van der Waals surface area (Å²) in [7, 11) is 1.67. The molecule has 0 radical (unpaired) electrons. The maximum atomic E-state index is 12.6. The van der Waals surface area contributed by atoms with Gasteiger partial charge in [-0.05, 0) is 18.6 Å². The van der Waals surface area contributed by atoms with Gasteiger partial charge < -0.3 is 19.7 Å². The van der Waals surface area contributed by atoms with Gasteiger partial charge in [-0.2, -0.15) is 0 Å². The highest BCUT2D eigenvalue weighted by atomic mass is 35.5. The normalized spacial score (nSPS) is 17.9.